The molecule has 1 heterocycles. The molecule has 0 N–H and O–H groups in total. The zero-order valence-corrected chi connectivity index (χ0v) is 11.3. The third kappa shape index (κ3) is 2.59. The minimum atomic E-state index is -0.526. The van der Waals surface area contributed by atoms with E-state index in [1.165, 1.54) is 12.1 Å². The highest BCUT2D eigenvalue weighted by molar-refractivity contribution is 6.17. The van der Waals surface area contributed by atoms with Crippen molar-refractivity contribution in [1.82, 2.24) is 4.90 Å². The molecule has 100 valence electrons. The fourth-order valence-corrected chi connectivity index (χ4v) is 2.40. The fourth-order valence-electron chi connectivity index (χ4n) is 2.25. The summed E-state index contributed by atoms with van der Waals surface area (Å²) in [7, 11) is 2.02. The SMILES string of the molecule is CC1CN(c2c(F)cc(CCl)cc2F)CCN1C. The van der Waals surface area contributed by atoms with Crippen LogP contribution in [0.2, 0.25) is 0 Å². The monoisotopic (exact) mass is 274 g/mol. The summed E-state index contributed by atoms with van der Waals surface area (Å²) in [6.07, 6.45) is 0. The van der Waals surface area contributed by atoms with Crippen molar-refractivity contribution in [3.8, 4) is 0 Å². The van der Waals surface area contributed by atoms with Crippen molar-refractivity contribution >= 4 is 17.3 Å². The van der Waals surface area contributed by atoms with E-state index in [2.05, 4.69) is 11.8 Å². The Bertz CT molecular complexity index is 416. The van der Waals surface area contributed by atoms with Gasteiger partial charge < -0.3 is 9.80 Å². The van der Waals surface area contributed by atoms with E-state index in [9.17, 15) is 8.78 Å². The average molecular weight is 275 g/mol. The zero-order valence-electron chi connectivity index (χ0n) is 10.6. The van der Waals surface area contributed by atoms with Gasteiger partial charge in [-0.3, -0.25) is 0 Å². The van der Waals surface area contributed by atoms with E-state index in [0.29, 0.717) is 18.7 Å². The number of hydrogen-bond acceptors (Lipinski definition) is 2. The van der Waals surface area contributed by atoms with Crippen LogP contribution in [-0.4, -0.2) is 37.6 Å². The molecule has 1 aromatic carbocycles. The van der Waals surface area contributed by atoms with Gasteiger partial charge in [-0.05, 0) is 31.7 Å². The van der Waals surface area contributed by atoms with Gasteiger partial charge in [0, 0.05) is 31.6 Å². The number of nitrogens with zero attached hydrogens (tertiary/aromatic N) is 2. The number of likely N-dealkylation sites (N-methyl/N-ethyl adjacent to an activating group) is 1. The van der Waals surface area contributed by atoms with Crippen molar-refractivity contribution in [3.63, 3.8) is 0 Å². The maximum absolute atomic E-state index is 14.0. The third-order valence-corrected chi connectivity index (χ3v) is 3.82. The molecule has 1 unspecified atom stereocenters. The number of benzene rings is 1. The van der Waals surface area contributed by atoms with E-state index in [1.807, 2.05) is 7.05 Å². The Hall–Kier alpha value is -0.870. The van der Waals surface area contributed by atoms with Gasteiger partial charge in [0.1, 0.15) is 17.3 Å². The second-order valence-electron chi connectivity index (χ2n) is 4.82. The van der Waals surface area contributed by atoms with Crippen molar-refractivity contribution in [2.24, 2.45) is 0 Å². The molecule has 1 saturated heterocycles. The zero-order chi connectivity index (χ0) is 13.3. The summed E-state index contributed by atoms with van der Waals surface area (Å²) in [5, 5.41) is 0. The van der Waals surface area contributed by atoms with E-state index in [4.69, 9.17) is 11.6 Å². The van der Waals surface area contributed by atoms with Crippen molar-refractivity contribution in [3.05, 3.63) is 29.3 Å². The highest BCUT2D eigenvalue weighted by Crippen LogP contribution is 2.27. The van der Waals surface area contributed by atoms with Crippen LogP contribution < -0.4 is 4.90 Å². The van der Waals surface area contributed by atoms with Crippen LogP contribution in [0.25, 0.3) is 0 Å². The third-order valence-electron chi connectivity index (χ3n) is 3.51. The molecule has 0 aromatic heterocycles. The van der Waals surface area contributed by atoms with Gasteiger partial charge >= 0.3 is 0 Å². The van der Waals surface area contributed by atoms with Crippen LogP contribution in [0.3, 0.4) is 0 Å². The molecular weight excluding hydrogens is 258 g/mol. The maximum Gasteiger partial charge on any atom is 0.149 e. The molecule has 1 aliphatic heterocycles. The van der Waals surface area contributed by atoms with Crippen LogP contribution in [0.4, 0.5) is 14.5 Å². The first-order valence-corrected chi connectivity index (χ1v) is 6.55. The van der Waals surface area contributed by atoms with Crippen LogP contribution in [0.1, 0.15) is 12.5 Å². The average Bonchev–Trinajstić information content (AvgIpc) is 2.32. The topological polar surface area (TPSA) is 6.48 Å². The molecule has 2 rings (SSSR count). The van der Waals surface area contributed by atoms with Crippen LogP contribution in [0.15, 0.2) is 12.1 Å². The van der Waals surface area contributed by atoms with Gasteiger partial charge in [-0.15, -0.1) is 11.6 Å². The summed E-state index contributed by atoms with van der Waals surface area (Å²) in [6.45, 7) is 4.12. The minimum Gasteiger partial charge on any atom is -0.364 e. The molecule has 0 radical (unpaired) electrons. The quantitative estimate of drug-likeness (QED) is 0.765. The van der Waals surface area contributed by atoms with E-state index in [-0.39, 0.29) is 17.6 Å². The Morgan fingerprint density at radius 2 is 1.89 bits per heavy atom. The Labute approximate surface area is 111 Å². The molecule has 0 bridgehead atoms. The Morgan fingerprint density at radius 3 is 2.39 bits per heavy atom. The number of halogens is 3. The highest BCUT2D eigenvalue weighted by Gasteiger charge is 2.25. The predicted octanol–water partition coefficient (Wildman–Crippen LogP) is 2.84. The second-order valence-corrected chi connectivity index (χ2v) is 5.08. The second kappa shape index (κ2) is 5.41. The molecule has 18 heavy (non-hydrogen) atoms. The summed E-state index contributed by atoms with van der Waals surface area (Å²) in [6, 6.07) is 2.91. The van der Waals surface area contributed by atoms with Crippen LogP contribution in [0.5, 0.6) is 0 Å². The Kier molecular flexibility index (Phi) is 4.07. The molecule has 5 heteroatoms. The lowest BCUT2D eigenvalue weighted by Gasteiger charge is -2.39. The predicted molar refractivity (Wildman–Crippen MR) is 70.2 cm³/mol. The first kappa shape index (κ1) is 13.6. The number of alkyl halides is 1. The van der Waals surface area contributed by atoms with Gasteiger partial charge in [0.15, 0.2) is 0 Å². The Balaban J connectivity index is 2.28. The normalized spacial score (nSPS) is 21.4. The standard InChI is InChI=1S/C13H17ClF2N2/c1-9-8-18(4-3-17(9)2)13-11(15)5-10(7-14)6-12(13)16/h5-6,9H,3-4,7-8H2,1-2H3. The van der Waals surface area contributed by atoms with Crippen molar-refractivity contribution in [2.45, 2.75) is 18.8 Å². The lowest BCUT2D eigenvalue weighted by molar-refractivity contribution is 0.232. The van der Waals surface area contributed by atoms with Gasteiger partial charge in [-0.2, -0.15) is 0 Å². The van der Waals surface area contributed by atoms with Crippen molar-refractivity contribution in [2.75, 3.05) is 31.6 Å². The lowest BCUT2D eigenvalue weighted by Crippen LogP contribution is -2.50. The van der Waals surface area contributed by atoms with E-state index < -0.39 is 11.6 Å². The summed E-state index contributed by atoms with van der Waals surface area (Å²) >= 11 is 5.60. The van der Waals surface area contributed by atoms with Crippen LogP contribution in [-0.2, 0) is 5.88 Å². The van der Waals surface area contributed by atoms with Gasteiger partial charge in [-0.1, -0.05) is 0 Å². The maximum atomic E-state index is 14.0. The molecule has 1 atom stereocenters. The molecule has 1 aromatic rings. The van der Waals surface area contributed by atoms with E-state index >= 15 is 0 Å². The number of anilines is 1. The molecule has 0 spiro atoms. The first-order chi connectivity index (χ1) is 8.52. The molecular formula is C13H17ClF2N2. The van der Waals surface area contributed by atoms with Gasteiger partial charge in [-0.25, -0.2) is 8.78 Å². The molecule has 2 nitrogen and oxygen atoms in total. The number of rotatable bonds is 2. The van der Waals surface area contributed by atoms with E-state index in [1.54, 1.807) is 4.90 Å². The highest BCUT2D eigenvalue weighted by atomic mass is 35.5. The summed E-state index contributed by atoms with van der Waals surface area (Å²) < 4.78 is 27.9. The molecule has 0 amide bonds. The van der Waals surface area contributed by atoms with Crippen molar-refractivity contribution in [1.29, 1.82) is 0 Å². The Morgan fingerprint density at radius 1 is 1.28 bits per heavy atom. The first-order valence-electron chi connectivity index (χ1n) is 6.02. The lowest BCUT2D eigenvalue weighted by atomic mass is 10.1. The van der Waals surface area contributed by atoms with Gasteiger partial charge in [0.05, 0.1) is 0 Å². The van der Waals surface area contributed by atoms with Gasteiger partial charge in [0.2, 0.25) is 0 Å². The summed E-state index contributed by atoms with van der Waals surface area (Å²) in [5.41, 5.74) is 0.543. The van der Waals surface area contributed by atoms with Crippen molar-refractivity contribution < 1.29 is 8.78 Å². The van der Waals surface area contributed by atoms with Gasteiger partial charge in [0.25, 0.3) is 0 Å². The number of hydrogen-bond donors (Lipinski definition) is 0. The summed E-state index contributed by atoms with van der Waals surface area (Å²) in [5.74, 6) is -0.933. The smallest absolute Gasteiger partial charge is 0.149 e. The van der Waals surface area contributed by atoms with Crippen LogP contribution >= 0.6 is 11.6 Å². The van der Waals surface area contributed by atoms with Crippen LogP contribution in [0, 0.1) is 11.6 Å². The minimum absolute atomic E-state index is 0.0730. The molecule has 0 saturated carbocycles. The fraction of sp³-hybridized carbons (Fsp3) is 0.538. The largest absolute Gasteiger partial charge is 0.364 e. The number of piperazine rings is 1. The molecule has 1 fully saturated rings. The summed E-state index contributed by atoms with van der Waals surface area (Å²) in [4.78, 5) is 3.95. The van der Waals surface area contributed by atoms with E-state index in [0.717, 1.165) is 6.54 Å². The molecule has 1 aliphatic rings. The molecule has 0 aliphatic carbocycles.